The molecule has 0 saturated heterocycles. The van der Waals surface area contributed by atoms with Gasteiger partial charge in [-0.15, -0.1) is 0 Å². The number of aryl methyl sites for hydroxylation is 2. The van der Waals surface area contributed by atoms with Crippen LogP contribution in [0.1, 0.15) is 11.1 Å². The quantitative estimate of drug-likeness (QED) is 0.275. The molecule has 0 spiro atoms. The molecule has 0 aliphatic rings. The number of halogens is 1. The van der Waals surface area contributed by atoms with Crippen molar-refractivity contribution in [3.05, 3.63) is 101 Å². The van der Waals surface area contributed by atoms with Gasteiger partial charge in [0.15, 0.2) is 0 Å². The first-order valence-electron chi connectivity index (χ1n) is 8.58. The predicted octanol–water partition coefficient (Wildman–Crippen LogP) is 6.86. The van der Waals surface area contributed by atoms with Crippen molar-refractivity contribution in [3.8, 4) is 5.75 Å². The van der Waals surface area contributed by atoms with E-state index in [4.69, 9.17) is 4.74 Å². The van der Waals surface area contributed by atoms with Gasteiger partial charge in [0.1, 0.15) is 11.6 Å². The number of aliphatic imine (C=N–C) groups is 1. The molecule has 0 radical (unpaired) electrons. The van der Waals surface area contributed by atoms with E-state index in [0.29, 0.717) is 22.9 Å². The van der Waals surface area contributed by atoms with Crippen LogP contribution in [0.25, 0.3) is 0 Å². The fraction of sp³-hybridized carbons (Fsp3) is 0.0870. The number of rotatable bonds is 5. The Kier molecular flexibility index (Phi) is 6.44. The van der Waals surface area contributed by atoms with Crippen molar-refractivity contribution in [2.45, 2.75) is 18.7 Å². The van der Waals surface area contributed by atoms with Crippen LogP contribution in [-0.4, -0.2) is 5.90 Å². The van der Waals surface area contributed by atoms with Gasteiger partial charge in [0.25, 0.3) is 0 Å². The number of benzene rings is 3. The van der Waals surface area contributed by atoms with Crippen LogP contribution in [0.15, 0.2) is 94.2 Å². The van der Waals surface area contributed by atoms with Gasteiger partial charge in [-0.25, -0.2) is 9.38 Å². The third kappa shape index (κ3) is 5.83. The highest BCUT2D eigenvalue weighted by atomic mass is 32.2. The van der Waals surface area contributed by atoms with Gasteiger partial charge in [0, 0.05) is 11.0 Å². The largest absolute Gasteiger partial charge is 0.439 e. The van der Waals surface area contributed by atoms with Crippen LogP contribution >= 0.6 is 11.8 Å². The van der Waals surface area contributed by atoms with Gasteiger partial charge in [-0.1, -0.05) is 42.1 Å². The first-order valence-corrected chi connectivity index (χ1v) is 9.46. The Morgan fingerprint density at radius 1 is 0.963 bits per heavy atom. The highest BCUT2D eigenvalue weighted by molar-refractivity contribution is 8.02. The van der Waals surface area contributed by atoms with Crippen molar-refractivity contribution in [2.75, 3.05) is 0 Å². The number of thioether (sulfide) groups is 1. The van der Waals surface area contributed by atoms with E-state index in [1.807, 2.05) is 73.0 Å². The Morgan fingerprint density at radius 3 is 2.52 bits per heavy atom. The van der Waals surface area contributed by atoms with Crippen molar-refractivity contribution >= 4 is 23.3 Å². The zero-order valence-corrected chi connectivity index (χ0v) is 16.0. The lowest BCUT2D eigenvalue weighted by Gasteiger charge is -2.07. The predicted molar refractivity (Wildman–Crippen MR) is 111 cm³/mol. The molecule has 0 atom stereocenters. The molecule has 0 amide bonds. The Bertz CT molecular complexity index is 967. The molecule has 0 N–H and O–H groups in total. The second-order valence-electron chi connectivity index (χ2n) is 6.04. The minimum absolute atomic E-state index is 0.245. The van der Waals surface area contributed by atoms with Gasteiger partial charge in [-0.2, -0.15) is 0 Å². The lowest BCUT2D eigenvalue weighted by molar-refractivity contribution is 0.555. The zero-order valence-electron chi connectivity index (χ0n) is 15.2. The van der Waals surface area contributed by atoms with Crippen LogP contribution in [0.2, 0.25) is 0 Å². The normalized spacial score (nSPS) is 11.7. The maximum Gasteiger partial charge on any atom is 0.220 e. The molecule has 3 aromatic carbocycles. The summed E-state index contributed by atoms with van der Waals surface area (Å²) >= 11 is 1.58. The summed E-state index contributed by atoms with van der Waals surface area (Å²) in [6.07, 6.45) is 1.82. The molecular weight excluding hydrogens is 357 g/mol. The molecule has 0 heterocycles. The minimum Gasteiger partial charge on any atom is -0.439 e. The molecule has 0 bridgehead atoms. The average molecular weight is 377 g/mol. The van der Waals surface area contributed by atoms with Crippen molar-refractivity contribution in [1.29, 1.82) is 0 Å². The Balaban J connectivity index is 1.85. The second kappa shape index (κ2) is 9.19. The molecule has 0 aliphatic heterocycles. The summed E-state index contributed by atoms with van der Waals surface area (Å²) in [5, 5.41) is 1.93. The molecule has 4 heteroatoms. The van der Waals surface area contributed by atoms with Gasteiger partial charge >= 0.3 is 0 Å². The van der Waals surface area contributed by atoms with Gasteiger partial charge in [-0.3, -0.25) is 0 Å². The SMILES string of the molecule is Cc1cccc(OC(C=CSc2ccccc2)=Nc2ccc(F)c(C)c2)c1. The van der Waals surface area contributed by atoms with E-state index in [-0.39, 0.29) is 5.82 Å². The molecule has 3 rings (SSSR count). The summed E-state index contributed by atoms with van der Waals surface area (Å²) in [6, 6.07) is 22.6. The standard InChI is InChI=1S/C23H20FNOS/c1-17-7-6-8-20(15-17)26-23(13-14-27-21-9-4-3-5-10-21)25-19-11-12-22(24)18(2)16-19/h3-16H,1-2H3. The van der Waals surface area contributed by atoms with Crippen LogP contribution in [0, 0.1) is 19.7 Å². The average Bonchev–Trinajstić information content (AvgIpc) is 2.65. The fourth-order valence-corrected chi connectivity index (χ4v) is 3.05. The molecule has 0 unspecified atom stereocenters. The molecule has 0 saturated carbocycles. The molecule has 0 aromatic heterocycles. The molecule has 0 fully saturated rings. The van der Waals surface area contributed by atoms with E-state index < -0.39 is 0 Å². The maximum atomic E-state index is 13.5. The topological polar surface area (TPSA) is 21.6 Å². The van der Waals surface area contributed by atoms with Gasteiger partial charge in [0.2, 0.25) is 5.90 Å². The smallest absolute Gasteiger partial charge is 0.220 e. The molecule has 136 valence electrons. The lowest BCUT2D eigenvalue weighted by Crippen LogP contribution is -2.04. The highest BCUT2D eigenvalue weighted by Crippen LogP contribution is 2.21. The summed E-state index contributed by atoms with van der Waals surface area (Å²) in [5.74, 6) is 0.905. The minimum atomic E-state index is -0.245. The number of nitrogens with zero attached hydrogens (tertiary/aromatic N) is 1. The zero-order chi connectivity index (χ0) is 19.1. The van der Waals surface area contributed by atoms with Crippen LogP contribution in [0.4, 0.5) is 10.1 Å². The maximum absolute atomic E-state index is 13.5. The van der Waals surface area contributed by atoms with E-state index >= 15 is 0 Å². The van der Waals surface area contributed by atoms with Gasteiger partial charge in [0.05, 0.1) is 5.69 Å². The summed E-state index contributed by atoms with van der Waals surface area (Å²) in [5.41, 5.74) is 2.30. The Labute approximate surface area is 163 Å². The van der Waals surface area contributed by atoms with Crippen molar-refractivity contribution < 1.29 is 9.13 Å². The number of hydrogen-bond donors (Lipinski definition) is 0. The van der Waals surface area contributed by atoms with E-state index in [2.05, 4.69) is 4.99 Å². The fourth-order valence-electron chi connectivity index (χ4n) is 2.39. The summed E-state index contributed by atoms with van der Waals surface area (Å²) in [7, 11) is 0. The first kappa shape index (κ1) is 18.9. The Morgan fingerprint density at radius 2 is 1.78 bits per heavy atom. The Hall–Kier alpha value is -2.85. The van der Waals surface area contributed by atoms with E-state index in [1.54, 1.807) is 30.8 Å². The monoisotopic (exact) mass is 377 g/mol. The van der Waals surface area contributed by atoms with Crippen molar-refractivity contribution in [3.63, 3.8) is 0 Å². The molecule has 3 aromatic rings. The van der Waals surface area contributed by atoms with Crippen LogP contribution in [0.3, 0.4) is 0 Å². The first-order chi connectivity index (χ1) is 13.1. The number of hydrogen-bond acceptors (Lipinski definition) is 3. The summed E-state index contributed by atoms with van der Waals surface area (Å²) < 4.78 is 19.5. The van der Waals surface area contributed by atoms with Gasteiger partial charge < -0.3 is 4.74 Å². The second-order valence-corrected chi connectivity index (χ2v) is 7.02. The van der Waals surface area contributed by atoms with Gasteiger partial charge in [-0.05, 0) is 72.8 Å². The third-order valence-electron chi connectivity index (χ3n) is 3.75. The highest BCUT2D eigenvalue weighted by Gasteiger charge is 2.03. The van der Waals surface area contributed by atoms with Crippen LogP contribution in [0.5, 0.6) is 5.75 Å². The number of ether oxygens (including phenoxy) is 1. The van der Waals surface area contributed by atoms with Crippen molar-refractivity contribution in [2.24, 2.45) is 4.99 Å². The third-order valence-corrected chi connectivity index (χ3v) is 4.57. The van der Waals surface area contributed by atoms with Crippen LogP contribution < -0.4 is 4.74 Å². The molecule has 0 aliphatic carbocycles. The van der Waals surface area contributed by atoms with E-state index in [0.717, 1.165) is 10.5 Å². The lowest BCUT2D eigenvalue weighted by atomic mass is 10.2. The van der Waals surface area contributed by atoms with E-state index in [9.17, 15) is 4.39 Å². The molecular formula is C23H20FNOS. The molecule has 27 heavy (non-hydrogen) atoms. The van der Waals surface area contributed by atoms with Crippen LogP contribution in [-0.2, 0) is 0 Å². The summed E-state index contributed by atoms with van der Waals surface area (Å²) in [4.78, 5) is 5.67. The molecule has 2 nitrogen and oxygen atoms in total. The van der Waals surface area contributed by atoms with Crippen molar-refractivity contribution in [1.82, 2.24) is 0 Å². The van der Waals surface area contributed by atoms with E-state index in [1.165, 1.54) is 6.07 Å². The summed E-state index contributed by atoms with van der Waals surface area (Å²) in [6.45, 7) is 3.73.